The van der Waals surface area contributed by atoms with E-state index in [-0.39, 0.29) is 22.1 Å². The van der Waals surface area contributed by atoms with Crippen LogP contribution in [0, 0.1) is 10.1 Å². The van der Waals surface area contributed by atoms with Crippen molar-refractivity contribution in [2.24, 2.45) is 0 Å². The average molecular weight is 463 g/mol. The maximum absolute atomic E-state index is 13.2. The summed E-state index contributed by atoms with van der Waals surface area (Å²) in [5.74, 6) is -0.140. The second kappa shape index (κ2) is 9.05. The fourth-order valence-corrected chi connectivity index (χ4v) is 3.55. The normalized spacial score (nSPS) is 15.0. The molecule has 0 spiro atoms. The third kappa shape index (κ3) is 4.51. The second-order valence-electron chi connectivity index (χ2n) is 6.90. The number of hydrogen-bond donors (Lipinski definition) is 1. The van der Waals surface area contributed by atoms with Gasteiger partial charge < -0.3 is 9.15 Å². The molecule has 3 aromatic rings. The van der Waals surface area contributed by atoms with Crippen LogP contribution in [-0.2, 0) is 9.59 Å². The average Bonchev–Trinajstić information content (AvgIpc) is 3.26. The quantitative estimate of drug-likeness (QED) is 0.193. The fourth-order valence-electron chi connectivity index (χ4n) is 3.27. The molecule has 0 atom stereocenters. The third-order valence-corrected chi connectivity index (χ3v) is 5.03. The lowest BCUT2D eigenvalue weighted by atomic mass is 10.1. The van der Waals surface area contributed by atoms with Crippen LogP contribution in [0.5, 0.6) is 5.75 Å². The molecule has 2 amide bonds. The molecule has 166 valence electrons. The summed E-state index contributed by atoms with van der Waals surface area (Å²) in [7, 11) is 0. The Morgan fingerprint density at radius 3 is 2.70 bits per heavy atom. The van der Waals surface area contributed by atoms with Crippen LogP contribution in [0.1, 0.15) is 12.7 Å². The van der Waals surface area contributed by atoms with Crippen LogP contribution in [-0.4, -0.2) is 28.5 Å². The Bertz CT molecular complexity index is 1310. The molecule has 2 heterocycles. The molecular formula is C23H17N3O6S. The molecule has 1 aliphatic heterocycles. The van der Waals surface area contributed by atoms with Crippen molar-refractivity contribution >= 4 is 46.6 Å². The minimum Gasteiger partial charge on any atom is -0.494 e. The van der Waals surface area contributed by atoms with Gasteiger partial charge in [-0.15, -0.1) is 0 Å². The lowest BCUT2D eigenvalue weighted by molar-refractivity contribution is -0.384. The Morgan fingerprint density at radius 2 is 1.94 bits per heavy atom. The van der Waals surface area contributed by atoms with E-state index in [1.54, 1.807) is 48.5 Å². The second-order valence-corrected chi connectivity index (χ2v) is 7.28. The predicted molar refractivity (Wildman–Crippen MR) is 125 cm³/mol. The highest BCUT2D eigenvalue weighted by Crippen LogP contribution is 2.29. The number of rotatable bonds is 6. The van der Waals surface area contributed by atoms with E-state index in [4.69, 9.17) is 21.4 Å². The van der Waals surface area contributed by atoms with Crippen molar-refractivity contribution in [3.8, 4) is 17.1 Å². The summed E-state index contributed by atoms with van der Waals surface area (Å²) in [6, 6.07) is 15.9. The predicted octanol–water partition coefficient (Wildman–Crippen LogP) is 4.08. The first-order chi connectivity index (χ1) is 15.9. The van der Waals surface area contributed by atoms with Crippen molar-refractivity contribution in [3.63, 3.8) is 0 Å². The van der Waals surface area contributed by atoms with Crippen molar-refractivity contribution in [3.05, 3.63) is 82.1 Å². The highest BCUT2D eigenvalue weighted by Gasteiger charge is 2.35. The van der Waals surface area contributed by atoms with E-state index in [0.717, 1.165) is 0 Å². The summed E-state index contributed by atoms with van der Waals surface area (Å²) in [5, 5.41) is 13.5. The number of furan rings is 1. The number of amides is 2. The zero-order valence-corrected chi connectivity index (χ0v) is 18.1. The summed E-state index contributed by atoms with van der Waals surface area (Å²) in [6.07, 6.45) is 1.31. The van der Waals surface area contributed by atoms with E-state index in [0.29, 0.717) is 29.4 Å². The Kier molecular flexibility index (Phi) is 6.01. The highest BCUT2D eigenvalue weighted by molar-refractivity contribution is 7.80. The van der Waals surface area contributed by atoms with E-state index in [2.05, 4.69) is 5.32 Å². The molecule has 9 nitrogen and oxygen atoms in total. The molecule has 4 rings (SSSR count). The number of nitrogens with one attached hydrogen (secondary N) is 1. The Hall–Kier alpha value is -4.31. The first-order valence-electron chi connectivity index (χ1n) is 9.86. The first kappa shape index (κ1) is 21.9. The zero-order valence-electron chi connectivity index (χ0n) is 17.3. The smallest absolute Gasteiger partial charge is 0.270 e. The third-order valence-electron chi connectivity index (χ3n) is 4.74. The number of anilines is 1. The van der Waals surface area contributed by atoms with Crippen molar-refractivity contribution in [2.45, 2.75) is 6.92 Å². The molecule has 1 saturated heterocycles. The molecular weight excluding hydrogens is 446 g/mol. The van der Waals surface area contributed by atoms with E-state index in [1.807, 2.05) is 6.92 Å². The number of nitrogens with zero attached hydrogens (tertiary/aromatic N) is 2. The molecule has 0 bridgehead atoms. The van der Waals surface area contributed by atoms with E-state index < -0.39 is 16.7 Å². The maximum atomic E-state index is 13.2. The largest absolute Gasteiger partial charge is 0.494 e. The molecule has 0 unspecified atom stereocenters. The SMILES string of the molecule is CCOc1cccc(N2C(=O)C(=Cc3ccc(-c4cccc([N+](=O)[O-])c4)o3)C(=O)NC2=S)c1. The van der Waals surface area contributed by atoms with E-state index in [1.165, 1.54) is 23.1 Å². The molecule has 0 aliphatic carbocycles. The van der Waals surface area contributed by atoms with Gasteiger partial charge in [0.2, 0.25) is 0 Å². The number of carbonyl (C=O) groups is 2. The molecule has 1 N–H and O–H groups in total. The van der Waals surface area contributed by atoms with Crippen molar-refractivity contribution in [1.82, 2.24) is 5.32 Å². The number of carbonyl (C=O) groups excluding carboxylic acids is 2. The summed E-state index contributed by atoms with van der Waals surface area (Å²) in [6.45, 7) is 2.30. The van der Waals surface area contributed by atoms with Gasteiger partial charge in [0, 0.05) is 23.8 Å². The number of thiocarbonyl (C=S) groups is 1. The monoisotopic (exact) mass is 463 g/mol. The Balaban J connectivity index is 1.65. The minimum absolute atomic E-state index is 0.0486. The number of hydrogen-bond acceptors (Lipinski definition) is 7. The number of ether oxygens (including phenoxy) is 1. The molecule has 1 aromatic heterocycles. The lowest BCUT2D eigenvalue weighted by Crippen LogP contribution is -2.54. The molecule has 1 aliphatic rings. The van der Waals surface area contributed by atoms with Gasteiger partial charge in [-0.3, -0.25) is 29.9 Å². The number of nitro groups is 1. The topological polar surface area (TPSA) is 115 Å². The van der Waals surface area contributed by atoms with Crippen molar-refractivity contribution in [2.75, 3.05) is 11.5 Å². The van der Waals surface area contributed by atoms with Gasteiger partial charge in [0.25, 0.3) is 17.5 Å². The molecule has 10 heteroatoms. The van der Waals surface area contributed by atoms with Crippen molar-refractivity contribution < 1.29 is 23.7 Å². The van der Waals surface area contributed by atoms with Gasteiger partial charge in [0.05, 0.1) is 17.2 Å². The summed E-state index contributed by atoms with van der Waals surface area (Å²) < 4.78 is 11.2. The summed E-state index contributed by atoms with van der Waals surface area (Å²) in [5.41, 5.74) is 0.678. The fraction of sp³-hybridized carbons (Fsp3) is 0.0870. The van der Waals surface area contributed by atoms with Crippen molar-refractivity contribution in [1.29, 1.82) is 0 Å². The Labute approximate surface area is 193 Å². The van der Waals surface area contributed by atoms with Crippen LogP contribution >= 0.6 is 12.2 Å². The van der Waals surface area contributed by atoms with Crippen LogP contribution in [0.3, 0.4) is 0 Å². The summed E-state index contributed by atoms with van der Waals surface area (Å²) >= 11 is 5.22. The molecule has 0 radical (unpaired) electrons. The van der Waals surface area contributed by atoms with Gasteiger partial charge in [0.1, 0.15) is 22.8 Å². The standard InChI is InChI=1S/C23H17N3O6S/c1-2-31-17-8-4-6-15(12-17)25-22(28)19(21(27)24-23(25)33)13-18-9-10-20(32-18)14-5-3-7-16(11-14)26(29)30/h3-13H,2H2,1H3,(H,24,27,33). The van der Waals surface area contributed by atoms with Gasteiger partial charge in [-0.25, -0.2) is 0 Å². The number of non-ortho nitro benzene ring substituents is 1. The minimum atomic E-state index is -0.657. The number of nitro benzene ring substituents is 1. The molecule has 33 heavy (non-hydrogen) atoms. The van der Waals surface area contributed by atoms with Crippen LogP contribution in [0.4, 0.5) is 11.4 Å². The zero-order chi connectivity index (χ0) is 23.5. The number of benzene rings is 2. The first-order valence-corrected chi connectivity index (χ1v) is 10.3. The van der Waals surface area contributed by atoms with Gasteiger partial charge in [-0.05, 0) is 49.5 Å². The van der Waals surface area contributed by atoms with E-state index in [9.17, 15) is 19.7 Å². The molecule has 1 fully saturated rings. The lowest BCUT2D eigenvalue weighted by Gasteiger charge is -2.29. The van der Waals surface area contributed by atoms with Crippen LogP contribution in [0.2, 0.25) is 0 Å². The van der Waals surface area contributed by atoms with Crippen LogP contribution < -0.4 is 15.0 Å². The van der Waals surface area contributed by atoms with Crippen LogP contribution in [0.25, 0.3) is 17.4 Å². The molecule has 0 saturated carbocycles. The van der Waals surface area contributed by atoms with E-state index >= 15 is 0 Å². The van der Waals surface area contributed by atoms with Crippen LogP contribution in [0.15, 0.2) is 70.7 Å². The Morgan fingerprint density at radius 1 is 1.15 bits per heavy atom. The highest BCUT2D eigenvalue weighted by atomic mass is 32.1. The molecule has 2 aromatic carbocycles. The van der Waals surface area contributed by atoms with Gasteiger partial charge >= 0.3 is 0 Å². The maximum Gasteiger partial charge on any atom is 0.270 e. The summed E-state index contributed by atoms with van der Waals surface area (Å²) in [4.78, 5) is 37.4. The van der Waals surface area contributed by atoms with Gasteiger partial charge in [-0.1, -0.05) is 18.2 Å². The van der Waals surface area contributed by atoms with Gasteiger partial charge in [0.15, 0.2) is 5.11 Å². The van der Waals surface area contributed by atoms with Gasteiger partial charge in [-0.2, -0.15) is 0 Å².